The molecule has 0 atom stereocenters. The molecule has 1 fully saturated rings. The second-order valence-electron chi connectivity index (χ2n) is 6.82. The molecule has 1 aromatic carbocycles. The first-order valence-electron chi connectivity index (χ1n) is 8.94. The van der Waals surface area contributed by atoms with Crippen LogP contribution in [0.3, 0.4) is 0 Å². The summed E-state index contributed by atoms with van der Waals surface area (Å²) in [5, 5.41) is 0.564. The number of amides is 1. The van der Waals surface area contributed by atoms with Crippen LogP contribution in [0.5, 0.6) is 0 Å². The third kappa shape index (κ3) is 3.58. The summed E-state index contributed by atoms with van der Waals surface area (Å²) in [5.41, 5.74) is 1.51. The second-order valence-corrected chi connectivity index (χ2v) is 6.82. The molecule has 134 valence electrons. The predicted molar refractivity (Wildman–Crippen MR) is 98.6 cm³/mol. The van der Waals surface area contributed by atoms with E-state index in [0.29, 0.717) is 10.9 Å². The van der Waals surface area contributed by atoms with Crippen LogP contribution in [-0.2, 0) is 11.3 Å². The Hall–Kier alpha value is -2.21. The Balaban J connectivity index is 1.74. The van der Waals surface area contributed by atoms with E-state index < -0.39 is 0 Å². The van der Waals surface area contributed by atoms with E-state index in [1.807, 2.05) is 26.1 Å². The number of carbonyl (C=O) groups excluding carboxylic acids is 1. The lowest BCUT2D eigenvalue weighted by molar-refractivity contribution is -0.133. The fraction of sp³-hybridized carbons (Fsp3) is 0.526. The fourth-order valence-electron chi connectivity index (χ4n) is 3.53. The lowest BCUT2D eigenvalue weighted by Crippen LogP contribution is -2.46. The number of carbonyl (C=O) groups is 1. The molecule has 0 bridgehead atoms. The van der Waals surface area contributed by atoms with Crippen LogP contribution in [-0.4, -0.2) is 58.0 Å². The zero-order valence-corrected chi connectivity index (χ0v) is 15.2. The van der Waals surface area contributed by atoms with Crippen LogP contribution < -0.4 is 5.56 Å². The second kappa shape index (κ2) is 7.35. The van der Waals surface area contributed by atoms with Crippen molar-refractivity contribution in [1.29, 1.82) is 0 Å². The maximum absolute atomic E-state index is 12.6. The van der Waals surface area contributed by atoms with Crippen molar-refractivity contribution < 1.29 is 4.79 Å². The van der Waals surface area contributed by atoms with Crippen molar-refractivity contribution in [1.82, 2.24) is 19.4 Å². The minimum Gasteiger partial charge on any atom is -0.341 e. The van der Waals surface area contributed by atoms with Crippen LogP contribution in [0.25, 0.3) is 10.9 Å². The van der Waals surface area contributed by atoms with Gasteiger partial charge in [-0.3, -0.25) is 14.2 Å². The van der Waals surface area contributed by atoms with E-state index in [4.69, 9.17) is 0 Å². The standard InChI is InChI=1S/C19H26N4O2/c1-4-22-10-8-15(9-11-22)21(3)17(24)12-23-13-20-18-14(2)6-5-7-16(18)19(23)25/h5-7,13,15H,4,8-12H2,1-3H3. The molecule has 1 saturated heterocycles. The number of fused-ring (bicyclic) bond motifs is 1. The monoisotopic (exact) mass is 342 g/mol. The summed E-state index contributed by atoms with van der Waals surface area (Å²) in [7, 11) is 1.85. The molecule has 6 nitrogen and oxygen atoms in total. The van der Waals surface area contributed by atoms with E-state index in [0.717, 1.165) is 38.0 Å². The van der Waals surface area contributed by atoms with Gasteiger partial charge in [0, 0.05) is 26.2 Å². The van der Waals surface area contributed by atoms with Gasteiger partial charge in [-0.15, -0.1) is 0 Å². The van der Waals surface area contributed by atoms with Gasteiger partial charge < -0.3 is 9.80 Å². The van der Waals surface area contributed by atoms with Crippen molar-refractivity contribution in [2.75, 3.05) is 26.7 Å². The molecule has 2 heterocycles. The number of nitrogens with zero attached hydrogens (tertiary/aromatic N) is 4. The lowest BCUT2D eigenvalue weighted by atomic mass is 10.0. The molecule has 3 rings (SSSR count). The minimum absolute atomic E-state index is 0.0362. The number of aromatic nitrogens is 2. The minimum atomic E-state index is -0.156. The van der Waals surface area contributed by atoms with E-state index >= 15 is 0 Å². The predicted octanol–water partition coefficient (Wildman–Crippen LogP) is 1.65. The van der Waals surface area contributed by atoms with Gasteiger partial charge in [0.15, 0.2) is 0 Å². The summed E-state index contributed by atoms with van der Waals surface area (Å²) in [5.74, 6) is -0.0362. The molecule has 1 amide bonds. The van der Waals surface area contributed by atoms with Gasteiger partial charge in [0.2, 0.25) is 5.91 Å². The first kappa shape index (κ1) is 17.6. The van der Waals surface area contributed by atoms with E-state index in [9.17, 15) is 9.59 Å². The average molecular weight is 342 g/mol. The Morgan fingerprint density at radius 1 is 1.32 bits per heavy atom. The first-order valence-corrected chi connectivity index (χ1v) is 8.94. The topological polar surface area (TPSA) is 58.4 Å². The van der Waals surface area contributed by atoms with E-state index in [1.165, 1.54) is 10.9 Å². The lowest BCUT2D eigenvalue weighted by Gasteiger charge is -2.36. The van der Waals surface area contributed by atoms with Crippen LogP contribution in [0.4, 0.5) is 0 Å². The molecule has 0 spiro atoms. The van der Waals surface area contributed by atoms with Gasteiger partial charge in [-0.05, 0) is 37.9 Å². The molecule has 2 aromatic rings. The zero-order chi connectivity index (χ0) is 18.0. The zero-order valence-electron chi connectivity index (χ0n) is 15.2. The molecular weight excluding hydrogens is 316 g/mol. The highest BCUT2D eigenvalue weighted by atomic mass is 16.2. The van der Waals surface area contributed by atoms with E-state index in [1.54, 1.807) is 11.0 Å². The summed E-state index contributed by atoms with van der Waals surface area (Å²) >= 11 is 0. The number of hydrogen-bond acceptors (Lipinski definition) is 4. The molecule has 0 radical (unpaired) electrons. The first-order chi connectivity index (χ1) is 12.0. The summed E-state index contributed by atoms with van der Waals surface area (Å²) in [6, 6.07) is 5.80. The summed E-state index contributed by atoms with van der Waals surface area (Å²) < 4.78 is 1.42. The molecule has 6 heteroatoms. The van der Waals surface area contributed by atoms with Gasteiger partial charge in [0.1, 0.15) is 6.54 Å². The summed E-state index contributed by atoms with van der Waals surface area (Å²) in [6.07, 6.45) is 3.46. The van der Waals surface area contributed by atoms with Crippen LogP contribution in [0.1, 0.15) is 25.3 Å². The number of aryl methyl sites for hydroxylation is 1. The summed E-state index contributed by atoms with van der Waals surface area (Å²) in [4.78, 5) is 33.9. The molecule has 0 aliphatic carbocycles. The highest BCUT2D eigenvalue weighted by Gasteiger charge is 2.25. The fourth-order valence-corrected chi connectivity index (χ4v) is 3.53. The quantitative estimate of drug-likeness (QED) is 0.848. The van der Waals surface area contributed by atoms with E-state index in [-0.39, 0.29) is 24.1 Å². The maximum Gasteiger partial charge on any atom is 0.261 e. The summed E-state index contributed by atoms with van der Waals surface area (Å²) in [6.45, 7) is 7.24. The molecule has 25 heavy (non-hydrogen) atoms. The molecule has 1 aliphatic rings. The van der Waals surface area contributed by atoms with Crippen LogP contribution in [0, 0.1) is 6.92 Å². The third-order valence-corrected chi connectivity index (χ3v) is 5.31. The number of hydrogen-bond donors (Lipinski definition) is 0. The van der Waals surface area contributed by atoms with Gasteiger partial charge in [0.25, 0.3) is 5.56 Å². The number of likely N-dealkylation sites (tertiary alicyclic amines) is 1. The number of benzene rings is 1. The van der Waals surface area contributed by atoms with Crippen LogP contribution in [0.2, 0.25) is 0 Å². The van der Waals surface area contributed by atoms with Crippen molar-refractivity contribution >= 4 is 16.8 Å². The molecule has 1 aromatic heterocycles. The highest BCUT2D eigenvalue weighted by molar-refractivity contribution is 5.81. The van der Waals surface area contributed by atoms with Crippen LogP contribution in [0.15, 0.2) is 29.3 Å². The van der Waals surface area contributed by atoms with Crippen LogP contribution >= 0.6 is 0 Å². The largest absolute Gasteiger partial charge is 0.341 e. The molecule has 0 unspecified atom stereocenters. The van der Waals surface area contributed by atoms with Crippen molar-refractivity contribution in [2.45, 2.75) is 39.3 Å². The van der Waals surface area contributed by atoms with Crippen molar-refractivity contribution in [3.63, 3.8) is 0 Å². The number of piperidine rings is 1. The Bertz CT molecular complexity index is 822. The van der Waals surface area contributed by atoms with Crippen molar-refractivity contribution in [3.8, 4) is 0 Å². The average Bonchev–Trinajstić information content (AvgIpc) is 2.64. The smallest absolute Gasteiger partial charge is 0.261 e. The van der Waals surface area contributed by atoms with Gasteiger partial charge in [-0.25, -0.2) is 4.98 Å². The van der Waals surface area contributed by atoms with Gasteiger partial charge in [-0.2, -0.15) is 0 Å². The molecule has 0 N–H and O–H groups in total. The Labute approximate surface area is 148 Å². The maximum atomic E-state index is 12.6. The normalized spacial score (nSPS) is 16.3. The Morgan fingerprint density at radius 2 is 2.04 bits per heavy atom. The third-order valence-electron chi connectivity index (χ3n) is 5.31. The van der Waals surface area contributed by atoms with Gasteiger partial charge in [-0.1, -0.05) is 19.1 Å². The Kier molecular flexibility index (Phi) is 5.18. The van der Waals surface area contributed by atoms with E-state index in [2.05, 4.69) is 16.8 Å². The molecule has 1 aliphatic heterocycles. The Morgan fingerprint density at radius 3 is 2.72 bits per heavy atom. The van der Waals surface area contributed by atoms with Gasteiger partial charge in [0.05, 0.1) is 17.2 Å². The number of likely N-dealkylation sites (N-methyl/N-ethyl adjacent to an activating group) is 1. The van der Waals surface area contributed by atoms with Crippen molar-refractivity contribution in [3.05, 3.63) is 40.4 Å². The van der Waals surface area contributed by atoms with Gasteiger partial charge >= 0.3 is 0 Å². The van der Waals surface area contributed by atoms with Crippen molar-refractivity contribution in [2.24, 2.45) is 0 Å². The number of rotatable bonds is 4. The number of para-hydroxylation sites is 1. The molecular formula is C19H26N4O2. The molecule has 0 saturated carbocycles. The highest BCUT2D eigenvalue weighted by Crippen LogP contribution is 2.16. The SMILES string of the molecule is CCN1CCC(N(C)C(=O)Cn2cnc3c(C)cccc3c2=O)CC1.